The highest BCUT2D eigenvalue weighted by molar-refractivity contribution is 8.14. The van der Waals surface area contributed by atoms with Crippen molar-refractivity contribution in [2.75, 3.05) is 13.2 Å². The zero-order valence-electron chi connectivity index (χ0n) is 11.0. The molecule has 9 heteroatoms. The molecule has 0 bridgehead atoms. The van der Waals surface area contributed by atoms with Crippen LogP contribution in [-0.4, -0.2) is 30.6 Å². The van der Waals surface area contributed by atoms with Gasteiger partial charge >= 0.3 is 6.18 Å². The van der Waals surface area contributed by atoms with Crippen LogP contribution in [0.5, 0.6) is 0 Å². The Hall–Kier alpha value is -1.35. The Morgan fingerprint density at radius 2 is 2.05 bits per heavy atom. The lowest BCUT2D eigenvalue weighted by Gasteiger charge is -2.37. The Balaban J connectivity index is 2.13. The third-order valence-electron chi connectivity index (χ3n) is 3.90. The summed E-state index contributed by atoms with van der Waals surface area (Å²) in [5.41, 5.74) is 5.44. The lowest BCUT2D eigenvalue weighted by Crippen LogP contribution is -2.45. The number of nitrogens with two attached hydrogens (primary N) is 1. The van der Waals surface area contributed by atoms with Crippen molar-refractivity contribution in [2.24, 2.45) is 16.6 Å². The fraction of sp³-hybridized carbons (Fsp3) is 0.462. The number of fused-ring (bicyclic) bond motifs is 1. The second-order valence-corrected chi connectivity index (χ2v) is 6.50. The molecule has 2 N–H and O–H groups in total. The van der Waals surface area contributed by atoms with Gasteiger partial charge in [0.2, 0.25) is 0 Å². The van der Waals surface area contributed by atoms with Crippen LogP contribution in [0.15, 0.2) is 23.2 Å². The van der Waals surface area contributed by atoms with Gasteiger partial charge in [0.1, 0.15) is 0 Å². The Morgan fingerprint density at radius 1 is 1.32 bits per heavy atom. The quantitative estimate of drug-likeness (QED) is 0.801. The monoisotopic (exact) mass is 338 g/mol. The van der Waals surface area contributed by atoms with Crippen LogP contribution in [-0.2, 0) is 9.48 Å². The number of amidine groups is 1. The van der Waals surface area contributed by atoms with E-state index in [9.17, 15) is 22.0 Å². The third kappa shape index (κ3) is 2.26. The predicted molar refractivity (Wildman–Crippen MR) is 71.4 cm³/mol. The number of thioether (sulfide) groups is 1. The number of benzene rings is 1. The van der Waals surface area contributed by atoms with Gasteiger partial charge in [0.05, 0.1) is 11.4 Å². The molecule has 0 aromatic heterocycles. The van der Waals surface area contributed by atoms with Gasteiger partial charge in [-0.1, -0.05) is 23.9 Å². The van der Waals surface area contributed by atoms with Gasteiger partial charge in [-0.05, 0) is 6.07 Å². The molecular formula is C13H11F5N2OS. The Bertz CT molecular complexity index is 635. The highest BCUT2D eigenvalue weighted by Crippen LogP contribution is 2.55. The number of halogens is 5. The summed E-state index contributed by atoms with van der Waals surface area (Å²) in [7, 11) is 0. The van der Waals surface area contributed by atoms with Crippen molar-refractivity contribution in [3.8, 4) is 0 Å². The van der Waals surface area contributed by atoms with Crippen molar-refractivity contribution in [2.45, 2.75) is 17.0 Å². The number of hydrogen-bond donors (Lipinski definition) is 1. The first-order chi connectivity index (χ1) is 10.3. The summed E-state index contributed by atoms with van der Waals surface area (Å²) in [6.07, 6.45) is -6.70. The van der Waals surface area contributed by atoms with Crippen LogP contribution in [0.4, 0.5) is 22.0 Å². The molecule has 1 fully saturated rings. The molecule has 2 aliphatic heterocycles. The Labute approximate surface area is 126 Å². The van der Waals surface area contributed by atoms with Gasteiger partial charge < -0.3 is 10.5 Å². The summed E-state index contributed by atoms with van der Waals surface area (Å²) in [4.78, 5) is 3.82. The first-order valence-corrected chi connectivity index (χ1v) is 7.19. The van der Waals surface area contributed by atoms with Crippen LogP contribution in [0.2, 0.25) is 0 Å². The van der Waals surface area contributed by atoms with Crippen LogP contribution in [0.3, 0.4) is 0 Å². The third-order valence-corrected chi connectivity index (χ3v) is 5.25. The van der Waals surface area contributed by atoms with Crippen molar-refractivity contribution in [3.05, 3.63) is 35.4 Å². The maximum absolute atomic E-state index is 14.2. The van der Waals surface area contributed by atoms with E-state index in [1.54, 1.807) is 0 Å². The van der Waals surface area contributed by atoms with Crippen LogP contribution in [0, 0.1) is 17.6 Å². The molecule has 1 aromatic rings. The Kier molecular flexibility index (Phi) is 3.59. The average molecular weight is 338 g/mol. The second kappa shape index (κ2) is 5.09. The van der Waals surface area contributed by atoms with Crippen molar-refractivity contribution < 1.29 is 26.7 Å². The first kappa shape index (κ1) is 15.5. The fourth-order valence-corrected chi connectivity index (χ4v) is 4.18. The summed E-state index contributed by atoms with van der Waals surface area (Å²) < 4.78 is 70.5. The van der Waals surface area contributed by atoms with E-state index < -0.39 is 41.2 Å². The molecule has 1 aromatic carbocycles. The highest BCUT2D eigenvalue weighted by atomic mass is 32.2. The summed E-state index contributed by atoms with van der Waals surface area (Å²) in [5.74, 6) is -3.47. The minimum atomic E-state index is -4.61. The summed E-state index contributed by atoms with van der Waals surface area (Å²) in [5, 5.41) is 0.0336. The molecule has 0 amide bonds. The highest BCUT2D eigenvalue weighted by Gasteiger charge is 2.62. The van der Waals surface area contributed by atoms with E-state index in [0.717, 1.165) is 17.8 Å². The van der Waals surface area contributed by atoms with Crippen molar-refractivity contribution >= 4 is 16.9 Å². The number of hydrogen-bond acceptors (Lipinski definition) is 4. The molecule has 0 saturated carbocycles. The number of alkyl halides is 3. The van der Waals surface area contributed by atoms with E-state index in [0.29, 0.717) is 0 Å². The lowest BCUT2D eigenvalue weighted by molar-refractivity contribution is -0.215. The molecule has 2 aliphatic rings. The summed E-state index contributed by atoms with van der Waals surface area (Å²) >= 11 is 0.796. The SMILES string of the molecule is NC1=NC[C@H]2[C@@H](C(F)(F)F)OC[C@]2(c2cccc(F)c2F)S1. The maximum Gasteiger partial charge on any atom is 0.415 e. The van der Waals surface area contributed by atoms with E-state index in [1.165, 1.54) is 12.1 Å². The zero-order valence-corrected chi connectivity index (χ0v) is 11.8. The molecule has 0 spiro atoms. The van der Waals surface area contributed by atoms with Gasteiger partial charge in [-0.3, -0.25) is 4.99 Å². The minimum absolute atomic E-state index is 0.0336. The van der Waals surface area contributed by atoms with Gasteiger partial charge in [-0.15, -0.1) is 0 Å². The molecule has 120 valence electrons. The first-order valence-electron chi connectivity index (χ1n) is 6.37. The molecule has 22 heavy (non-hydrogen) atoms. The number of rotatable bonds is 1. The number of ether oxygens (including phenoxy) is 1. The van der Waals surface area contributed by atoms with Crippen molar-refractivity contribution in [1.29, 1.82) is 0 Å². The van der Waals surface area contributed by atoms with E-state index in [2.05, 4.69) is 4.99 Å². The van der Waals surface area contributed by atoms with E-state index in [4.69, 9.17) is 10.5 Å². The van der Waals surface area contributed by atoms with E-state index >= 15 is 0 Å². The molecule has 1 saturated heterocycles. The maximum atomic E-state index is 14.2. The summed E-state index contributed by atoms with van der Waals surface area (Å²) in [6.45, 7) is -0.665. The van der Waals surface area contributed by atoms with Crippen LogP contribution < -0.4 is 5.73 Å². The van der Waals surface area contributed by atoms with Gasteiger partial charge in [0, 0.05) is 18.0 Å². The van der Waals surface area contributed by atoms with Gasteiger partial charge in [0.25, 0.3) is 0 Å². The molecule has 0 unspecified atom stereocenters. The molecule has 3 nitrogen and oxygen atoms in total. The van der Waals surface area contributed by atoms with Crippen LogP contribution in [0.25, 0.3) is 0 Å². The molecule has 3 atom stereocenters. The normalized spacial score (nSPS) is 31.8. The van der Waals surface area contributed by atoms with Crippen LogP contribution >= 0.6 is 11.8 Å². The topological polar surface area (TPSA) is 47.6 Å². The summed E-state index contributed by atoms with van der Waals surface area (Å²) in [6, 6.07) is 3.43. The zero-order chi connectivity index (χ0) is 16.1. The van der Waals surface area contributed by atoms with Gasteiger partial charge in [-0.25, -0.2) is 8.78 Å². The van der Waals surface area contributed by atoms with E-state index in [1.807, 2.05) is 0 Å². The number of aliphatic imine (C=N–C) groups is 1. The predicted octanol–water partition coefficient (Wildman–Crippen LogP) is 2.80. The van der Waals surface area contributed by atoms with E-state index in [-0.39, 0.29) is 17.3 Å². The average Bonchev–Trinajstić information content (AvgIpc) is 2.81. The number of nitrogens with zero attached hydrogens (tertiary/aromatic N) is 1. The largest absolute Gasteiger partial charge is 0.415 e. The molecule has 3 rings (SSSR count). The smallest absolute Gasteiger partial charge is 0.379 e. The fourth-order valence-electron chi connectivity index (χ4n) is 2.92. The molecule has 0 aliphatic carbocycles. The molecular weight excluding hydrogens is 327 g/mol. The van der Waals surface area contributed by atoms with Crippen molar-refractivity contribution in [3.63, 3.8) is 0 Å². The molecule has 0 radical (unpaired) electrons. The minimum Gasteiger partial charge on any atom is -0.379 e. The Morgan fingerprint density at radius 3 is 2.73 bits per heavy atom. The van der Waals surface area contributed by atoms with Gasteiger partial charge in [-0.2, -0.15) is 13.2 Å². The standard InChI is InChI=1S/C13H11F5N2OS/c14-8-3-1-2-6(9(8)15)12-5-21-10(13(16,17)18)7(12)4-20-11(19)22-12/h1-3,7,10H,4-5H2,(H2,19,20)/t7-,10-,12+/m0/s1. The van der Waals surface area contributed by atoms with Crippen LogP contribution in [0.1, 0.15) is 5.56 Å². The van der Waals surface area contributed by atoms with Gasteiger partial charge in [0.15, 0.2) is 22.9 Å². The molecule has 2 heterocycles. The lowest BCUT2D eigenvalue weighted by atomic mass is 9.83. The van der Waals surface area contributed by atoms with Crippen molar-refractivity contribution in [1.82, 2.24) is 0 Å². The second-order valence-electron chi connectivity index (χ2n) is 5.15.